The van der Waals surface area contributed by atoms with E-state index in [2.05, 4.69) is 5.32 Å². The molecule has 0 radical (unpaired) electrons. The smallest absolute Gasteiger partial charge is 0.143 e. The summed E-state index contributed by atoms with van der Waals surface area (Å²) in [7, 11) is 1.64. The molecule has 0 aliphatic rings. The van der Waals surface area contributed by atoms with Gasteiger partial charge in [-0.25, -0.2) is 0 Å². The lowest BCUT2D eigenvalue weighted by Gasteiger charge is -2.14. The standard InChI is InChI=1S/C13H20ClNO2/c1-9(2)17-6-5-15-12-7-10(3)11(14)8-13(12)16-4/h7-9,15H,5-6H2,1-4H3. The van der Waals surface area contributed by atoms with Crippen LogP contribution >= 0.6 is 11.6 Å². The van der Waals surface area contributed by atoms with Gasteiger partial charge in [0.15, 0.2) is 0 Å². The van der Waals surface area contributed by atoms with Crippen molar-refractivity contribution in [2.24, 2.45) is 0 Å². The zero-order chi connectivity index (χ0) is 12.8. The van der Waals surface area contributed by atoms with Gasteiger partial charge in [-0.3, -0.25) is 0 Å². The van der Waals surface area contributed by atoms with Gasteiger partial charge in [-0.15, -0.1) is 0 Å². The molecule has 0 amide bonds. The Morgan fingerprint density at radius 1 is 1.35 bits per heavy atom. The first-order valence-electron chi connectivity index (χ1n) is 5.74. The number of methoxy groups -OCH3 is 1. The van der Waals surface area contributed by atoms with Crippen molar-refractivity contribution in [2.75, 3.05) is 25.6 Å². The van der Waals surface area contributed by atoms with Crippen LogP contribution in [0, 0.1) is 6.92 Å². The van der Waals surface area contributed by atoms with Crippen molar-refractivity contribution in [3.05, 3.63) is 22.7 Å². The molecular weight excluding hydrogens is 238 g/mol. The molecule has 0 spiro atoms. The molecule has 1 aromatic rings. The SMILES string of the molecule is COc1cc(Cl)c(C)cc1NCCOC(C)C. The summed E-state index contributed by atoms with van der Waals surface area (Å²) in [5.41, 5.74) is 1.97. The Bertz CT molecular complexity index is 367. The molecule has 0 saturated heterocycles. The van der Waals surface area contributed by atoms with Crippen LogP contribution in [0.15, 0.2) is 12.1 Å². The minimum atomic E-state index is 0.255. The largest absolute Gasteiger partial charge is 0.495 e. The van der Waals surface area contributed by atoms with Gasteiger partial charge in [0.1, 0.15) is 5.75 Å². The van der Waals surface area contributed by atoms with E-state index in [-0.39, 0.29) is 6.10 Å². The third-order valence-electron chi connectivity index (χ3n) is 2.35. The molecule has 0 aliphatic carbocycles. The first-order chi connectivity index (χ1) is 8.04. The molecule has 0 bridgehead atoms. The summed E-state index contributed by atoms with van der Waals surface area (Å²) in [4.78, 5) is 0. The molecule has 4 heteroatoms. The van der Waals surface area contributed by atoms with Crippen LogP contribution < -0.4 is 10.1 Å². The van der Waals surface area contributed by atoms with Crippen molar-refractivity contribution in [1.82, 2.24) is 0 Å². The van der Waals surface area contributed by atoms with Crippen LogP contribution in [0.5, 0.6) is 5.75 Å². The predicted octanol–water partition coefficient (Wildman–Crippen LogP) is 3.49. The molecular formula is C13H20ClNO2. The number of ether oxygens (including phenoxy) is 2. The summed E-state index contributed by atoms with van der Waals surface area (Å²) in [5, 5.41) is 3.99. The molecule has 0 atom stereocenters. The van der Waals surface area contributed by atoms with E-state index in [1.165, 1.54) is 0 Å². The second kappa shape index (κ2) is 6.72. The van der Waals surface area contributed by atoms with E-state index >= 15 is 0 Å². The molecule has 0 unspecified atom stereocenters. The second-order valence-corrected chi connectivity index (χ2v) is 4.56. The lowest BCUT2D eigenvalue weighted by Crippen LogP contribution is -2.13. The van der Waals surface area contributed by atoms with Crippen LogP contribution in [-0.2, 0) is 4.74 Å². The van der Waals surface area contributed by atoms with E-state index in [0.717, 1.165) is 23.5 Å². The lowest BCUT2D eigenvalue weighted by molar-refractivity contribution is 0.0870. The third kappa shape index (κ3) is 4.44. The number of halogens is 1. The molecule has 17 heavy (non-hydrogen) atoms. The minimum Gasteiger partial charge on any atom is -0.495 e. The number of rotatable bonds is 6. The highest BCUT2D eigenvalue weighted by Crippen LogP contribution is 2.30. The number of aryl methyl sites for hydroxylation is 1. The monoisotopic (exact) mass is 257 g/mol. The number of benzene rings is 1. The molecule has 0 aliphatic heterocycles. The van der Waals surface area contributed by atoms with Gasteiger partial charge < -0.3 is 14.8 Å². The molecule has 0 aromatic heterocycles. The van der Waals surface area contributed by atoms with Crippen molar-refractivity contribution in [3.8, 4) is 5.75 Å². The first-order valence-corrected chi connectivity index (χ1v) is 6.12. The molecule has 0 fully saturated rings. The zero-order valence-corrected chi connectivity index (χ0v) is 11.6. The number of anilines is 1. The highest BCUT2D eigenvalue weighted by atomic mass is 35.5. The van der Waals surface area contributed by atoms with Gasteiger partial charge in [0.2, 0.25) is 0 Å². The summed E-state index contributed by atoms with van der Waals surface area (Å²) in [6.45, 7) is 7.43. The Morgan fingerprint density at radius 3 is 2.65 bits per heavy atom. The van der Waals surface area contributed by atoms with Gasteiger partial charge in [0, 0.05) is 17.6 Å². The highest BCUT2D eigenvalue weighted by Gasteiger charge is 2.06. The maximum atomic E-state index is 6.03. The van der Waals surface area contributed by atoms with E-state index in [0.29, 0.717) is 11.6 Å². The van der Waals surface area contributed by atoms with Crippen molar-refractivity contribution in [3.63, 3.8) is 0 Å². The summed E-state index contributed by atoms with van der Waals surface area (Å²) < 4.78 is 10.7. The van der Waals surface area contributed by atoms with Crippen molar-refractivity contribution in [2.45, 2.75) is 26.9 Å². The number of nitrogens with one attached hydrogen (secondary N) is 1. The Balaban J connectivity index is 2.60. The van der Waals surface area contributed by atoms with E-state index < -0.39 is 0 Å². The Morgan fingerprint density at radius 2 is 2.06 bits per heavy atom. The zero-order valence-electron chi connectivity index (χ0n) is 10.8. The molecule has 1 N–H and O–H groups in total. The fourth-order valence-corrected chi connectivity index (χ4v) is 1.60. The van der Waals surface area contributed by atoms with Gasteiger partial charge in [0.05, 0.1) is 25.5 Å². The van der Waals surface area contributed by atoms with Crippen LogP contribution in [0.2, 0.25) is 5.02 Å². The quantitative estimate of drug-likeness (QED) is 0.792. The van der Waals surface area contributed by atoms with Gasteiger partial charge in [-0.05, 0) is 32.4 Å². The van der Waals surface area contributed by atoms with Crippen molar-refractivity contribution >= 4 is 17.3 Å². The van der Waals surface area contributed by atoms with E-state index in [4.69, 9.17) is 21.1 Å². The molecule has 0 heterocycles. The van der Waals surface area contributed by atoms with Crippen LogP contribution in [0.4, 0.5) is 5.69 Å². The maximum Gasteiger partial charge on any atom is 0.143 e. The Kier molecular flexibility index (Phi) is 5.59. The lowest BCUT2D eigenvalue weighted by atomic mass is 10.2. The van der Waals surface area contributed by atoms with Crippen LogP contribution in [-0.4, -0.2) is 26.4 Å². The molecule has 96 valence electrons. The fourth-order valence-electron chi connectivity index (χ4n) is 1.45. The van der Waals surface area contributed by atoms with Crippen molar-refractivity contribution < 1.29 is 9.47 Å². The van der Waals surface area contributed by atoms with Crippen molar-refractivity contribution in [1.29, 1.82) is 0 Å². The van der Waals surface area contributed by atoms with Gasteiger partial charge >= 0.3 is 0 Å². The van der Waals surface area contributed by atoms with Gasteiger partial charge in [-0.2, -0.15) is 0 Å². The third-order valence-corrected chi connectivity index (χ3v) is 2.76. The molecule has 3 nitrogen and oxygen atoms in total. The molecule has 0 saturated carbocycles. The summed E-state index contributed by atoms with van der Waals surface area (Å²) in [5.74, 6) is 0.755. The highest BCUT2D eigenvalue weighted by molar-refractivity contribution is 6.31. The fraction of sp³-hybridized carbons (Fsp3) is 0.538. The average Bonchev–Trinajstić information content (AvgIpc) is 2.28. The van der Waals surface area contributed by atoms with Crippen LogP contribution in [0.3, 0.4) is 0 Å². The summed E-state index contributed by atoms with van der Waals surface area (Å²) in [6, 6.07) is 3.80. The van der Waals surface area contributed by atoms with E-state index in [1.54, 1.807) is 7.11 Å². The number of hydrogen-bond donors (Lipinski definition) is 1. The predicted molar refractivity (Wildman–Crippen MR) is 72.3 cm³/mol. The topological polar surface area (TPSA) is 30.5 Å². The normalized spacial score (nSPS) is 10.7. The van der Waals surface area contributed by atoms with E-state index in [9.17, 15) is 0 Å². The minimum absolute atomic E-state index is 0.255. The summed E-state index contributed by atoms with van der Waals surface area (Å²) >= 11 is 6.03. The first kappa shape index (κ1) is 14.1. The van der Waals surface area contributed by atoms with Crippen LogP contribution in [0.1, 0.15) is 19.4 Å². The van der Waals surface area contributed by atoms with Crippen LogP contribution in [0.25, 0.3) is 0 Å². The Hall–Kier alpha value is -0.930. The molecule has 1 rings (SSSR count). The summed E-state index contributed by atoms with van der Waals surface area (Å²) in [6.07, 6.45) is 0.255. The Labute approximate surface area is 108 Å². The maximum absolute atomic E-state index is 6.03. The second-order valence-electron chi connectivity index (χ2n) is 4.15. The number of hydrogen-bond acceptors (Lipinski definition) is 3. The average molecular weight is 258 g/mol. The van der Waals surface area contributed by atoms with E-state index in [1.807, 2.05) is 32.9 Å². The van der Waals surface area contributed by atoms with Gasteiger partial charge in [-0.1, -0.05) is 11.6 Å². The molecule has 1 aromatic carbocycles. The van der Waals surface area contributed by atoms with Gasteiger partial charge in [0.25, 0.3) is 0 Å².